The van der Waals surface area contributed by atoms with Gasteiger partial charge in [-0.25, -0.2) is 4.39 Å². The zero-order valence-corrected chi connectivity index (χ0v) is 17.3. The van der Waals surface area contributed by atoms with Crippen LogP contribution in [0.15, 0.2) is 48.5 Å². The molecule has 0 saturated carbocycles. The van der Waals surface area contributed by atoms with Crippen molar-refractivity contribution in [3.05, 3.63) is 82.2 Å². The fraction of sp³-hybridized carbons (Fsp3) is 0.273. The first-order valence-corrected chi connectivity index (χ1v) is 9.95. The molecule has 0 amide bonds. The molecule has 29 heavy (non-hydrogen) atoms. The second kappa shape index (κ2) is 8.27. The molecule has 2 aromatic carbocycles. The van der Waals surface area contributed by atoms with Crippen LogP contribution in [0.5, 0.6) is 0 Å². The first-order valence-electron chi connectivity index (χ1n) is 9.58. The predicted octanol–water partition coefficient (Wildman–Crippen LogP) is 5.44. The van der Waals surface area contributed by atoms with Gasteiger partial charge in [0.15, 0.2) is 5.82 Å². The van der Waals surface area contributed by atoms with Crippen LogP contribution < -0.4 is 5.32 Å². The average Bonchev–Trinajstić information content (AvgIpc) is 3.04. The largest absolute Gasteiger partial charge is 0.306 e. The summed E-state index contributed by atoms with van der Waals surface area (Å²) in [5.74, 6) is 2.06. The lowest BCUT2D eigenvalue weighted by molar-refractivity contribution is 0.576. The van der Waals surface area contributed by atoms with Crippen LogP contribution in [0, 0.1) is 5.82 Å². The van der Waals surface area contributed by atoms with Crippen molar-refractivity contribution in [3.8, 4) is 5.69 Å². The van der Waals surface area contributed by atoms with Crippen molar-refractivity contribution in [2.45, 2.75) is 38.3 Å². The number of benzene rings is 2. The highest BCUT2D eigenvalue weighted by atomic mass is 35.5. The van der Waals surface area contributed by atoms with Crippen molar-refractivity contribution < 1.29 is 4.39 Å². The molecule has 1 atom stereocenters. The van der Waals surface area contributed by atoms with E-state index in [0.717, 1.165) is 59.3 Å². The van der Waals surface area contributed by atoms with Gasteiger partial charge in [0.2, 0.25) is 0 Å². The van der Waals surface area contributed by atoms with Crippen molar-refractivity contribution in [2.75, 3.05) is 0 Å². The van der Waals surface area contributed by atoms with Gasteiger partial charge in [0.25, 0.3) is 0 Å². The number of halogens is 3. The summed E-state index contributed by atoms with van der Waals surface area (Å²) in [7, 11) is 0. The smallest absolute Gasteiger partial charge is 0.151 e. The van der Waals surface area contributed by atoms with Crippen LogP contribution in [0.2, 0.25) is 5.02 Å². The maximum absolute atomic E-state index is 13.2. The van der Waals surface area contributed by atoms with Crippen molar-refractivity contribution >= 4 is 29.6 Å². The van der Waals surface area contributed by atoms with Crippen molar-refractivity contribution in [1.82, 2.24) is 20.1 Å². The van der Waals surface area contributed by atoms with E-state index in [1.165, 1.54) is 17.7 Å². The Morgan fingerprint density at radius 3 is 2.66 bits per heavy atom. The molecule has 5 rings (SSSR count). The Balaban J connectivity index is 0.00000205. The van der Waals surface area contributed by atoms with Gasteiger partial charge < -0.3 is 5.32 Å². The van der Waals surface area contributed by atoms with Gasteiger partial charge in [0.1, 0.15) is 11.6 Å². The van der Waals surface area contributed by atoms with Crippen LogP contribution in [-0.2, 0) is 13.1 Å². The van der Waals surface area contributed by atoms with Crippen LogP contribution in [0.25, 0.3) is 11.3 Å². The van der Waals surface area contributed by atoms with E-state index in [2.05, 4.69) is 32.2 Å². The standard InChI is InChI=1S/C22H20ClFN4.ClH/c23-18-7-10-20-17(11-18)12-25-13-21-26-27-22(28(20)21)16-3-1-14(2-4-16)15-5-8-19(24)9-6-15;/h1,5-11,16,25H,2-4,12-13H2;1H. The SMILES string of the molecule is Cl.Fc1ccc(C2=CCC(c3nnc4n3-c3ccc(Cl)cc3CNC4)CC2)cc1. The van der Waals surface area contributed by atoms with Crippen LogP contribution >= 0.6 is 24.0 Å². The summed E-state index contributed by atoms with van der Waals surface area (Å²) in [6, 6.07) is 12.8. The van der Waals surface area contributed by atoms with Gasteiger partial charge in [0, 0.05) is 17.5 Å². The third kappa shape index (κ3) is 3.82. The fourth-order valence-corrected chi connectivity index (χ4v) is 4.38. The Morgan fingerprint density at radius 1 is 1.07 bits per heavy atom. The minimum absolute atomic E-state index is 0. The molecule has 0 spiro atoms. The Kier molecular flexibility index (Phi) is 5.72. The second-order valence-corrected chi connectivity index (χ2v) is 7.83. The van der Waals surface area contributed by atoms with Gasteiger partial charge in [-0.05, 0) is 66.3 Å². The molecule has 1 N–H and O–H groups in total. The number of hydrogen-bond donors (Lipinski definition) is 1. The molecule has 0 bridgehead atoms. The Hall–Kier alpha value is -2.21. The highest BCUT2D eigenvalue weighted by molar-refractivity contribution is 6.30. The summed E-state index contributed by atoms with van der Waals surface area (Å²) in [4.78, 5) is 0. The number of fused-ring (bicyclic) bond motifs is 3. The van der Waals surface area contributed by atoms with Crippen LogP contribution in [-0.4, -0.2) is 14.8 Å². The lowest BCUT2D eigenvalue weighted by Crippen LogP contribution is -2.13. The Labute approximate surface area is 180 Å². The number of nitrogens with zero attached hydrogens (tertiary/aromatic N) is 3. The average molecular weight is 431 g/mol. The van der Waals surface area contributed by atoms with Crippen LogP contribution in [0.4, 0.5) is 4.39 Å². The third-order valence-corrected chi connectivity index (χ3v) is 5.86. The molecule has 2 aliphatic rings. The first-order chi connectivity index (χ1) is 13.7. The zero-order valence-electron chi connectivity index (χ0n) is 15.7. The molecule has 0 saturated heterocycles. The second-order valence-electron chi connectivity index (χ2n) is 7.39. The summed E-state index contributed by atoms with van der Waals surface area (Å²) < 4.78 is 15.4. The molecule has 3 aromatic rings. The van der Waals surface area contributed by atoms with E-state index < -0.39 is 0 Å². The lowest BCUT2D eigenvalue weighted by Gasteiger charge is -2.23. The van der Waals surface area contributed by atoms with Crippen molar-refractivity contribution in [2.24, 2.45) is 0 Å². The molecular formula is C22H21Cl2FN4. The molecule has 1 aliphatic heterocycles. The first kappa shape index (κ1) is 20.1. The summed E-state index contributed by atoms with van der Waals surface area (Å²) in [5.41, 5.74) is 4.65. The summed E-state index contributed by atoms with van der Waals surface area (Å²) in [5, 5.41) is 13.2. The van der Waals surface area contributed by atoms with Crippen molar-refractivity contribution in [3.63, 3.8) is 0 Å². The van der Waals surface area contributed by atoms with E-state index in [1.54, 1.807) is 0 Å². The number of nitrogens with one attached hydrogen (secondary N) is 1. The molecule has 1 unspecified atom stereocenters. The van der Waals surface area contributed by atoms with Crippen molar-refractivity contribution in [1.29, 1.82) is 0 Å². The number of rotatable bonds is 2. The van der Waals surface area contributed by atoms with Gasteiger partial charge in [-0.15, -0.1) is 22.6 Å². The van der Waals surface area contributed by atoms with Gasteiger partial charge in [-0.3, -0.25) is 4.57 Å². The van der Waals surface area contributed by atoms with E-state index in [9.17, 15) is 4.39 Å². The molecule has 0 radical (unpaired) electrons. The molecule has 1 aromatic heterocycles. The van der Waals surface area contributed by atoms with E-state index in [-0.39, 0.29) is 18.2 Å². The van der Waals surface area contributed by atoms with Gasteiger partial charge in [-0.2, -0.15) is 0 Å². The molecule has 2 heterocycles. The maximum atomic E-state index is 13.2. The summed E-state index contributed by atoms with van der Waals surface area (Å²) in [6.45, 7) is 1.45. The minimum atomic E-state index is -0.198. The number of hydrogen-bond acceptors (Lipinski definition) is 3. The molecular weight excluding hydrogens is 410 g/mol. The van der Waals surface area contributed by atoms with Crippen LogP contribution in [0.3, 0.4) is 0 Å². The van der Waals surface area contributed by atoms with Gasteiger partial charge >= 0.3 is 0 Å². The molecule has 4 nitrogen and oxygen atoms in total. The number of aromatic nitrogens is 3. The number of allylic oxidation sites excluding steroid dienone is 2. The summed E-state index contributed by atoms with van der Waals surface area (Å²) >= 11 is 6.20. The minimum Gasteiger partial charge on any atom is -0.306 e. The predicted molar refractivity (Wildman–Crippen MR) is 115 cm³/mol. The highest BCUT2D eigenvalue weighted by Crippen LogP contribution is 2.37. The third-order valence-electron chi connectivity index (χ3n) is 5.63. The molecule has 0 fully saturated rings. The fourth-order valence-electron chi connectivity index (χ4n) is 4.19. The van der Waals surface area contributed by atoms with E-state index in [1.807, 2.05) is 24.3 Å². The molecule has 7 heteroatoms. The topological polar surface area (TPSA) is 42.7 Å². The highest BCUT2D eigenvalue weighted by Gasteiger charge is 2.26. The summed E-state index contributed by atoms with van der Waals surface area (Å²) in [6.07, 6.45) is 5.11. The Morgan fingerprint density at radius 2 is 1.90 bits per heavy atom. The van der Waals surface area contributed by atoms with E-state index in [4.69, 9.17) is 11.6 Å². The Bertz CT molecular complexity index is 1060. The normalized spacial score (nSPS) is 18.1. The van der Waals surface area contributed by atoms with Gasteiger partial charge in [0.05, 0.1) is 12.2 Å². The monoisotopic (exact) mass is 430 g/mol. The lowest BCUT2D eigenvalue weighted by atomic mass is 9.86. The van der Waals surface area contributed by atoms with E-state index in [0.29, 0.717) is 12.5 Å². The molecule has 150 valence electrons. The zero-order chi connectivity index (χ0) is 19.1. The maximum Gasteiger partial charge on any atom is 0.151 e. The van der Waals surface area contributed by atoms with Gasteiger partial charge in [-0.1, -0.05) is 29.8 Å². The molecule has 1 aliphatic carbocycles. The van der Waals surface area contributed by atoms with E-state index >= 15 is 0 Å². The van der Waals surface area contributed by atoms with Crippen LogP contribution in [0.1, 0.15) is 48.0 Å². The quantitative estimate of drug-likeness (QED) is 0.588.